The minimum atomic E-state index is -1.06. The van der Waals surface area contributed by atoms with Crippen molar-refractivity contribution >= 4 is 99.1 Å². The predicted molar refractivity (Wildman–Crippen MR) is 321 cm³/mol. The average molecular weight is 1210 g/mol. The van der Waals surface area contributed by atoms with Gasteiger partial charge in [0.25, 0.3) is 41.4 Å². The number of carbonyl (C=O) groups is 11. The van der Waals surface area contributed by atoms with E-state index in [1.165, 1.54) is 77.8 Å². The number of aryl methyl sites for hydroxylation is 7. The second kappa shape index (κ2) is 27.3. The van der Waals surface area contributed by atoms with E-state index in [1.807, 2.05) is 0 Å². The third kappa shape index (κ3) is 15.6. The van der Waals surface area contributed by atoms with Crippen LogP contribution in [-0.4, -0.2) is 146 Å². The summed E-state index contributed by atoms with van der Waals surface area (Å²) in [6.07, 6.45) is 12.6. The lowest BCUT2D eigenvalue weighted by atomic mass is 10.1. The van der Waals surface area contributed by atoms with Gasteiger partial charge in [-0.05, 0) is 49.2 Å². The van der Waals surface area contributed by atoms with E-state index in [0.717, 1.165) is 0 Å². The van der Waals surface area contributed by atoms with Crippen molar-refractivity contribution in [3.05, 3.63) is 126 Å². The standard InChI is InChI=1S/C56H69N21O11/c1-71-15-14-59-48(71)56(88)70-36-21-42(75(5)29-36)53(85)61-12-9-45(78)64-30-16-38(63-23-30)50(82)67-34-20-41(74(4)27-34)51(83)60-11-8-37(57)49(81)66-33-19-40(73(3)26-33)52(84)62-13-10-46(79)65-31-18-43(76(6)24-31)54(86)69-35-22-44(77(7)28-35)55(87)68-32-17-39(47(58)80)72(2)25-32/h14-15,17-22,24-30,37-38,63H,8-13,16,23,57H2,1-7H3,(H2,58,80)(H,60,83)(H,61,85)(H,62,84)(H,64,78)(H,65,79)(H,66,81)(H,67,82)(H,68,87)(H,69,86)(H,70,88)/t30-,37-,38-/m1/s1. The molecular weight excluding hydrogens is 1140 g/mol. The second-order valence-corrected chi connectivity index (χ2v) is 21.1. The molecule has 32 heteroatoms. The normalized spacial score (nSPS) is 13.9. The smallest absolute Gasteiger partial charge is 0.291 e. The van der Waals surface area contributed by atoms with Crippen LogP contribution in [0.3, 0.4) is 0 Å². The molecule has 0 saturated carbocycles. The summed E-state index contributed by atoms with van der Waals surface area (Å²) in [5.41, 5.74) is 14.8. The molecule has 88 heavy (non-hydrogen) atoms. The number of anilines is 6. The van der Waals surface area contributed by atoms with Gasteiger partial charge in [-0.3, -0.25) is 52.7 Å². The van der Waals surface area contributed by atoms with Crippen molar-refractivity contribution in [3.8, 4) is 0 Å². The van der Waals surface area contributed by atoms with E-state index in [-0.39, 0.29) is 109 Å². The van der Waals surface area contributed by atoms with Gasteiger partial charge in [0.2, 0.25) is 23.6 Å². The Balaban J connectivity index is 0.697. The lowest BCUT2D eigenvalue weighted by Gasteiger charge is -2.13. The largest absolute Gasteiger partial charge is 0.364 e. The van der Waals surface area contributed by atoms with Crippen LogP contribution in [-0.2, 0) is 68.5 Å². The molecule has 0 aromatic carbocycles. The van der Waals surface area contributed by atoms with E-state index in [4.69, 9.17) is 11.5 Å². The molecule has 11 amide bonds. The quantitative estimate of drug-likeness (QED) is 0.0351. The van der Waals surface area contributed by atoms with E-state index in [0.29, 0.717) is 35.0 Å². The van der Waals surface area contributed by atoms with Crippen molar-refractivity contribution in [3.63, 3.8) is 0 Å². The highest BCUT2D eigenvalue weighted by molar-refractivity contribution is 6.08. The number of carbonyl (C=O) groups excluding carboxylic acids is 11. The minimum Gasteiger partial charge on any atom is -0.364 e. The van der Waals surface area contributed by atoms with Crippen LogP contribution in [0.15, 0.2) is 86.0 Å². The molecule has 15 N–H and O–H groups in total. The van der Waals surface area contributed by atoms with Gasteiger partial charge in [0.15, 0.2) is 5.82 Å². The number of nitrogens with zero attached hydrogens (tertiary/aromatic N) is 8. The van der Waals surface area contributed by atoms with Gasteiger partial charge in [-0.2, -0.15) is 0 Å². The third-order valence-electron chi connectivity index (χ3n) is 14.2. The molecule has 8 heterocycles. The first-order chi connectivity index (χ1) is 41.8. The maximum absolute atomic E-state index is 13.3. The number of primary amides is 1. The Labute approximate surface area is 502 Å². The van der Waals surface area contributed by atoms with Crippen LogP contribution >= 0.6 is 0 Å². The molecule has 0 radical (unpaired) electrons. The van der Waals surface area contributed by atoms with Gasteiger partial charge in [0.05, 0.1) is 46.2 Å². The first-order valence-electron chi connectivity index (χ1n) is 27.5. The Morgan fingerprint density at radius 2 is 0.898 bits per heavy atom. The summed E-state index contributed by atoms with van der Waals surface area (Å²) < 4.78 is 10.6. The van der Waals surface area contributed by atoms with E-state index in [9.17, 15) is 52.7 Å². The predicted octanol–water partition coefficient (Wildman–Crippen LogP) is -0.243. The lowest BCUT2D eigenvalue weighted by molar-refractivity contribution is -0.122. The molecular formula is C56H69N21O11. The topological polar surface area (TPSA) is 420 Å². The Bertz CT molecular complexity index is 3870. The number of nitrogens with one attached hydrogen (secondary N) is 11. The van der Waals surface area contributed by atoms with Crippen LogP contribution in [0, 0.1) is 0 Å². The third-order valence-corrected chi connectivity index (χ3v) is 14.2. The lowest BCUT2D eigenvalue weighted by Crippen LogP contribution is -2.39. The maximum Gasteiger partial charge on any atom is 0.291 e. The van der Waals surface area contributed by atoms with Gasteiger partial charge in [-0.1, -0.05) is 0 Å². The van der Waals surface area contributed by atoms with Crippen molar-refractivity contribution in [2.24, 2.45) is 60.8 Å². The number of imidazole rings is 1. The van der Waals surface area contributed by atoms with E-state index in [1.54, 1.807) is 89.5 Å². The molecule has 1 fully saturated rings. The fourth-order valence-electron chi connectivity index (χ4n) is 9.69. The van der Waals surface area contributed by atoms with Crippen molar-refractivity contribution in [2.45, 2.75) is 43.8 Å². The molecule has 7 aromatic heterocycles. The highest BCUT2D eigenvalue weighted by atomic mass is 16.2. The van der Waals surface area contributed by atoms with Crippen LogP contribution in [0.25, 0.3) is 0 Å². The van der Waals surface area contributed by atoms with Gasteiger partial charge in [-0.25, -0.2) is 4.98 Å². The Hall–Kier alpha value is -11.0. The number of rotatable bonds is 25. The van der Waals surface area contributed by atoms with Crippen LogP contribution in [0.1, 0.15) is 99.2 Å². The molecule has 3 atom stereocenters. The first kappa shape index (κ1) is 63.0. The first-order valence-corrected chi connectivity index (χ1v) is 27.5. The molecule has 1 aliphatic heterocycles. The fourth-order valence-corrected chi connectivity index (χ4v) is 9.69. The molecule has 0 spiro atoms. The molecule has 0 bridgehead atoms. The number of aromatic nitrogens is 8. The molecule has 0 aliphatic carbocycles. The van der Waals surface area contributed by atoms with Gasteiger partial charge < -0.3 is 102 Å². The molecule has 1 aliphatic rings. The zero-order valence-corrected chi connectivity index (χ0v) is 49.2. The highest BCUT2D eigenvalue weighted by Gasteiger charge is 2.31. The van der Waals surface area contributed by atoms with Crippen molar-refractivity contribution < 1.29 is 52.7 Å². The summed E-state index contributed by atoms with van der Waals surface area (Å²) in [4.78, 5) is 146. The van der Waals surface area contributed by atoms with Crippen molar-refractivity contribution in [1.29, 1.82) is 0 Å². The van der Waals surface area contributed by atoms with E-state index >= 15 is 0 Å². The number of hydrogen-bond donors (Lipinski definition) is 13. The molecule has 1 saturated heterocycles. The summed E-state index contributed by atoms with van der Waals surface area (Å²) in [5, 5.41) is 30.4. The number of hydrogen-bond acceptors (Lipinski definition) is 14. The summed E-state index contributed by atoms with van der Waals surface area (Å²) in [6, 6.07) is 6.77. The SMILES string of the molecule is Cn1cc(NC(=O)c2cc(NC(=O)c3cc(NC(=O)CCNC(=O)c4cc(NC(=O)[C@H](N)CCNC(=O)c5cc(NC(=O)[C@H]6C[C@@H](NC(=O)CCNC(=O)c7cc(NC(=O)c8nccn8C)cn7C)CN6)cn5C)cn4C)cn3C)cn2C)cc1C(N)=O. The van der Waals surface area contributed by atoms with Crippen LogP contribution in [0.4, 0.5) is 34.1 Å². The van der Waals surface area contributed by atoms with Crippen LogP contribution in [0.5, 0.6) is 0 Å². The Morgan fingerprint density at radius 3 is 1.35 bits per heavy atom. The zero-order valence-electron chi connectivity index (χ0n) is 49.2. The fraction of sp³-hybridized carbons (Fsp3) is 0.321. The van der Waals surface area contributed by atoms with E-state index in [2.05, 4.69) is 63.5 Å². The number of amides is 11. The van der Waals surface area contributed by atoms with E-state index < -0.39 is 65.2 Å². The highest BCUT2D eigenvalue weighted by Crippen LogP contribution is 2.22. The molecule has 464 valence electrons. The minimum absolute atomic E-state index is 0.0170. The van der Waals surface area contributed by atoms with Gasteiger partial charge >= 0.3 is 0 Å². The summed E-state index contributed by atoms with van der Waals surface area (Å²) in [5.74, 6) is -5.09. The summed E-state index contributed by atoms with van der Waals surface area (Å²) in [6.45, 7) is 0.322. The molecule has 8 rings (SSSR count). The van der Waals surface area contributed by atoms with Gasteiger partial charge in [-0.15, -0.1) is 0 Å². The second-order valence-electron chi connectivity index (χ2n) is 21.1. The molecule has 0 unspecified atom stereocenters. The van der Waals surface area contributed by atoms with Gasteiger partial charge in [0, 0.05) is 144 Å². The van der Waals surface area contributed by atoms with Gasteiger partial charge in [0.1, 0.15) is 34.2 Å². The summed E-state index contributed by atoms with van der Waals surface area (Å²) >= 11 is 0. The maximum atomic E-state index is 13.3. The zero-order chi connectivity index (χ0) is 63.7. The Morgan fingerprint density at radius 1 is 0.500 bits per heavy atom. The Kier molecular flexibility index (Phi) is 19.6. The molecule has 7 aromatic rings. The molecule has 32 nitrogen and oxygen atoms in total. The summed E-state index contributed by atoms with van der Waals surface area (Å²) in [7, 11) is 11.4. The van der Waals surface area contributed by atoms with Crippen molar-refractivity contribution in [1.82, 2.24) is 63.5 Å². The monoisotopic (exact) mass is 1210 g/mol. The van der Waals surface area contributed by atoms with Crippen LogP contribution < -0.4 is 70.0 Å². The number of nitrogens with two attached hydrogens (primary N) is 2. The average Bonchev–Trinajstić information content (AvgIpc) is 3.58. The van der Waals surface area contributed by atoms with Crippen molar-refractivity contribution in [2.75, 3.05) is 58.1 Å². The van der Waals surface area contributed by atoms with Crippen LogP contribution in [0.2, 0.25) is 0 Å².